The van der Waals surface area contributed by atoms with E-state index in [-0.39, 0.29) is 0 Å². The Kier molecular flexibility index (Phi) is 5.17. The average Bonchev–Trinajstić information content (AvgIpc) is 2.59. The molecule has 0 fully saturated rings. The normalized spacial score (nSPS) is 11.1. The lowest BCUT2D eigenvalue weighted by Crippen LogP contribution is -2.13. The van der Waals surface area contributed by atoms with Gasteiger partial charge in [0.2, 0.25) is 0 Å². The highest BCUT2D eigenvalue weighted by Gasteiger charge is 2.09. The molecule has 0 spiro atoms. The first-order valence-electron chi connectivity index (χ1n) is 8.07. The van der Waals surface area contributed by atoms with Gasteiger partial charge in [0.25, 0.3) is 0 Å². The Bertz CT molecular complexity index is 830. The maximum Gasteiger partial charge on any atom is 0.126 e. The van der Waals surface area contributed by atoms with Gasteiger partial charge in [-0.25, -0.2) is 0 Å². The molecule has 24 heavy (non-hydrogen) atoms. The molecule has 3 rings (SSSR count). The van der Waals surface area contributed by atoms with E-state index in [2.05, 4.69) is 54.7 Å². The minimum Gasteiger partial charge on any atom is -0.507 e. The summed E-state index contributed by atoms with van der Waals surface area (Å²) in [6, 6.07) is 22.8. The van der Waals surface area contributed by atoms with E-state index < -0.39 is 0 Å². The number of anilines is 1. The molecule has 0 amide bonds. The molecule has 0 heterocycles. The van der Waals surface area contributed by atoms with E-state index in [4.69, 9.17) is 0 Å². The first-order valence-corrected chi connectivity index (χ1v) is 9.07. The van der Waals surface area contributed by atoms with E-state index in [0.29, 0.717) is 14.3 Å². The minimum atomic E-state index is 0.421. The predicted octanol–water partition coefficient (Wildman–Crippen LogP) is 4.25. The van der Waals surface area contributed by atoms with Crippen LogP contribution in [0.15, 0.2) is 66.7 Å². The zero-order chi connectivity index (χ0) is 16.9. The first kappa shape index (κ1) is 16.5. The van der Waals surface area contributed by atoms with Gasteiger partial charge in [-0.05, 0) is 54.0 Å². The Hall–Kier alpha value is -2.31. The lowest BCUT2D eigenvalue weighted by Gasteiger charge is -2.14. The molecule has 3 aromatic rings. The van der Waals surface area contributed by atoms with Crippen LogP contribution in [0.4, 0.5) is 5.69 Å². The smallest absolute Gasteiger partial charge is 0.126 e. The molecular formula is C21H22NOP. The fraction of sp³-hybridized carbons (Fsp3) is 0.143. The van der Waals surface area contributed by atoms with Crippen molar-refractivity contribution in [2.75, 3.05) is 5.32 Å². The van der Waals surface area contributed by atoms with Crippen LogP contribution in [0.2, 0.25) is 0 Å². The van der Waals surface area contributed by atoms with Crippen LogP contribution < -0.4 is 15.9 Å². The van der Waals surface area contributed by atoms with E-state index in [1.807, 2.05) is 31.2 Å². The summed E-state index contributed by atoms with van der Waals surface area (Å²) in [5.74, 6) is 0.421. The van der Waals surface area contributed by atoms with Crippen LogP contribution in [-0.2, 0) is 6.54 Å². The van der Waals surface area contributed by atoms with Crippen molar-refractivity contribution in [3.8, 4) is 5.75 Å². The van der Waals surface area contributed by atoms with Crippen molar-refractivity contribution in [1.82, 2.24) is 0 Å². The molecule has 3 heteroatoms. The van der Waals surface area contributed by atoms with Gasteiger partial charge in [0.05, 0.1) is 0 Å². The number of phenolic OH excluding ortho intramolecular Hbond substituents is 1. The third-order valence-corrected chi connectivity index (χ3v) is 5.40. The molecule has 0 aliphatic heterocycles. The highest BCUT2D eigenvalue weighted by Crippen LogP contribution is 2.24. The third kappa shape index (κ3) is 3.96. The van der Waals surface area contributed by atoms with Crippen molar-refractivity contribution in [3.05, 3.63) is 83.4 Å². The Morgan fingerprint density at radius 1 is 0.875 bits per heavy atom. The molecule has 1 atom stereocenters. The maximum atomic E-state index is 10.4. The fourth-order valence-electron chi connectivity index (χ4n) is 2.75. The van der Waals surface area contributed by atoms with Gasteiger partial charge in [0.15, 0.2) is 0 Å². The highest BCUT2D eigenvalue weighted by atomic mass is 31.1. The number of benzene rings is 3. The topological polar surface area (TPSA) is 32.3 Å². The summed E-state index contributed by atoms with van der Waals surface area (Å²) in [6.45, 7) is 4.81. The molecule has 2 N–H and O–H groups in total. The molecule has 0 saturated heterocycles. The second-order valence-electron chi connectivity index (χ2n) is 5.98. The summed E-state index contributed by atoms with van der Waals surface area (Å²) in [6.07, 6.45) is 0. The number of phenols is 1. The van der Waals surface area contributed by atoms with Crippen LogP contribution in [0.1, 0.15) is 16.7 Å². The van der Waals surface area contributed by atoms with Gasteiger partial charge in [-0.2, -0.15) is 0 Å². The van der Waals surface area contributed by atoms with Crippen LogP contribution in [0.5, 0.6) is 5.75 Å². The number of rotatable bonds is 5. The molecule has 2 nitrogen and oxygen atoms in total. The fourth-order valence-corrected chi connectivity index (χ4v) is 4.17. The average molecular weight is 335 g/mol. The molecule has 0 bridgehead atoms. The van der Waals surface area contributed by atoms with Gasteiger partial charge in [-0.1, -0.05) is 57.1 Å². The van der Waals surface area contributed by atoms with Gasteiger partial charge in [-0.3, -0.25) is 0 Å². The zero-order valence-electron chi connectivity index (χ0n) is 14.0. The Labute approximate surface area is 145 Å². The number of para-hydroxylation sites is 1. The summed E-state index contributed by atoms with van der Waals surface area (Å²) in [4.78, 5) is 0. The number of hydrogen-bond acceptors (Lipinski definition) is 2. The van der Waals surface area contributed by atoms with Crippen molar-refractivity contribution in [1.29, 1.82) is 0 Å². The molecule has 1 unspecified atom stereocenters. The Morgan fingerprint density at radius 3 is 2.38 bits per heavy atom. The molecule has 0 aliphatic rings. The van der Waals surface area contributed by atoms with Crippen molar-refractivity contribution >= 4 is 24.9 Å². The summed E-state index contributed by atoms with van der Waals surface area (Å²) in [5, 5.41) is 16.1. The second-order valence-corrected chi connectivity index (χ2v) is 7.31. The molecule has 122 valence electrons. The van der Waals surface area contributed by atoms with Gasteiger partial charge in [0, 0.05) is 17.5 Å². The minimum absolute atomic E-state index is 0.421. The summed E-state index contributed by atoms with van der Waals surface area (Å²) in [5.41, 5.74) is 4.51. The molecule has 0 radical (unpaired) electrons. The zero-order valence-corrected chi connectivity index (χ0v) is 15.0. The van der Waals surface area contributed by atoms with E-state index >= 15 is 0 Å². The third-order valence-electron chi connectivity index (χ3n) is 3.99. The first-order chi connectivity index (χ1) is 11.6. The monoisotopic (exact) mass is 335 g/mol. The summed E-state index contributed by atoms with van der Waals surface area (Å²) < 4.78 is 0. The predicted molar refractivity (Wildman–Crippen MR) is 105 cm³/mol. The number of aromatic hydroxyl groups is 1. The molecule has 0 aromatic heterocycles. The van der Waals surface area contributed by atoms with Gasteiger partial charge in [0.1, 0.15) is 5.75 Å². The van der Waals surface area contributed by atoms with E-state index in [1.165, 1.54) is 16.4 Å². The van der Waals surface area contributed by atoms with E-state index in [0.717, 1.165) is 23.1 Å². The maximum absolute atomic E-state index is 10.4. The van der Waals surface area contributed by atoms with Crippen molar-refractivity contribution in [2.45, 2.75) is 20.4 Å². The quantitative estimate of drug-likeness (QED) is 0.683. The molecular weight excluding hydrogens is 313 g/mol. The summed E-state index contributed by atoms with van der Waals surface area (Å²) in [7, 11) is 0.445. The summed E-state index contributed by atoms with van der Waals surface area (Å²) >= 11 is 0. The van der Waals surface area contributed by atoms with E-state index in [1.54, 1.807) is 0 Å². The van der Waals surface area contributed by atoms with Gasteiger partial charge < -0.3 is 10.4 Å². The molecule has 0 saturated carbocycles. The van der Waals surface area contributed by atoms with Crippen molar-refractivity contribution in [2.24, 2.45) is 0 Å². The molecule has 0 aliphatic carbocycles. The van der Waals surface area contributed by atoms with Crippen LogP contribution in [-0.4, -0.2) is 5.11 Å². The standard InChI is InChI=1S/C21H22NOP/c1-15-12-16(2)21(23)20(13-15)24-19-11-7-6-8-17(19)14-22-18-9-4-3-5-10-18/h3-13,22-24H,14H2,1-2H3. The lowest BCUT2D eigenvalue weighted by atomic mass is 10.1. The highest BCUT2D eigenvalue weighted by molar-refractivity contribution is 7.55. The number of aryl methyl sites for hydroxylation is 2. The van der Waals surface area contributed by atoms with Crippen LogP contribution in [0.3, 0.4) is 0 Å². The molecule has 3 aromatic carbocycles. The van der Waals surface area contributed by atoms with E-state index in [9.17, 15) is 5.11 Å². The van der Waals surface area contributed by atoms with Crippen molar-refractivity contribution < 1.29 is 5.11 Å². The second kappa shape index (κ2) is 7.51. The van der Waals surface area contributed by atoms with Crippen LogP contribution in [0.25, 0.3) is 0 Å². The number of nitrogens with one attached hydrogen (secondary N) is 1. The number of hydrogen-bond donors (Lipinski definition) is 2. The van der Waals surface area contributed by atoms with Crippen molar-refractivity contribution in [3.63, 3.8) is 0 Å². The van der Waals surface area contributed by atoms with Gasteiger partial charge in [-0.15, -0.1) is 0 Å². The Balaban J connectivity index is 1.82. The SMILES string of the molecule is Cc1cc(C)c(O)c(Pc2ccccc2CNc2ccccc2)c1. The Morgan fingerprint density at radius 2 is 1.58 bits per heavy atom. The largest absolute Gasteiger partial charge is 0.507 e. The van der Waals surface area contributed by atoms with Crippen LogP contribution >= 0.6 is 8.58 Å². The van der Waals surface area contributed by atoms with Gasteiger partial charge >= 0.3 is 0 Å². The lowest BCUT2D eigenvalue weighted by molar-refractivity contribution is 0.475. The van der Waals surface area contributed by atoms with Crippen LogP contribution in [0, 0.1) is 13.8 Å².